The first-order chi connectivity index (χ1) is 15.7. The van der Waals surface area contributed by atoms with Gasteiger partial charge in [-0.1, -0.05) is 78.9 Å². The van der Waals surface area contributed by atoms with Crippen molar-refractivity contribution in [2.24, 2.45) is 0 Å². The summed E-state index contributed by atoms with van der Waals surface area (Å²) in [6.45, 7) is 1.23. The highest BCUT2D eigenvalue weighted by atomic mass is 16.6. The summed E-state index contributed by atoms with van der Waals surface area (Å²) in [4.78, 5) is 14.2. The maximum atomic E-state index is 10.9. The van der Waals surface area contributed by atoms with Crippen LogP contribution in [0.3, 0.4) is 0 Å². The predicted octanol–water partition coefficient (Wildman–Crippen LogP) is 5.10. The highest BCUT2D eigenvalue weighted by molar-refractivity contribution is 5.70. The number of hydrogen-bond donors (Lipinski definition) is 0. The summed E-state index contributed by atoms with van der Waals surface area (Å²) in [5.74, 6) is -0.215. The van der Waals surface area contributed by atoms with Crippen molar-refractivity contribution < 1.29 is 14.4 Å². The molecule has 1 aliphatic rings. The molecule has 0 unspecified atom stereocenters. The summed E-state index contributed by atoms with van der Waals surface area (Å²) < 4.78 is 13.1. The molecule has 1 atom stereocenters. The molecule has 3 aromatic carbocycles. The fourth-order valence-corrected chi connectivity index (χ4v) is 3.75. The quantitative estimate of drug-likeness (QED) is 0.316. The first-order valence-corrected chi connectivity index (χ1v) is 10.4. The Morgan fingerprint density at radius 1 is 0.938 bits per heavy atom. The van der Waals surface area contributed by atoms with Crippen molar-refractivity contribution in [1.82, 2.24) is 9.55 Å². The average molecular weight is 427 g/mol. The van der Waals surface area contributed by atoms with E-state index in [2.05, 4.69) is 65.6 Å². The smallest absolute Gasteiger partial charge is 0.414 e. The van der Waals surface area contributed by atoms with Gasteiger partial charge in [0.2, 0.25) is 0 Å². The molecule has 7 heteroatoms. The number of nitrogens with zero attached hydrogens (tertiary/aromatic N) is 3. The number of hydrogen-bond acceptors (Lipinski definition) is 5. The lowest BCUT2D eigenvalue weighted by molar-refractivity contribution is -0.389. The van der Waals surface area contributed by atoms with Gasteiger partial charge in [-0.2, -0.15) is 0 Å². The van der Waals surface area contributed by atoms with Gasteiger partial charge in [-0.05, 0) is 32.7 Å². The number of ether oxygens (including phenoxy) is 2. The molecule has 0 fully saturated rings. The van der Waals surface area contributed by atoms with E-state index >= 15 is 0 Å². The number of rotatable bonds is 6. The van der Waals surface area contributed by atoms with E-state index in [-0.39, 0.29) is 17.9 Å². The molecule has 0 N–H and O–H groups in total. The van der Waals surface area contributed by atoms with E-state index < -0.39 is 4.92 Å². The highest BCUT2D eigenvalue weighted by Crippen LogP contribution is 2.26. The van der Waals surface area contributed by atoms with Crippen LogP contribution in [0.25, 0.3) is 22.3 Å². The molecule has 0 radical (unpaired) electrons. The molecule has 5 rings (SSSR count). The van der Waals surface area contributed by atoms with E-state index in [9.17, 15) is 10.1 Å². The SMILES string of the molecule is O=[N+]([O-])c1cn2c(n1)OC[C@@H](OCc1ccc(-c3ccc(-c4ccccc4)cc3)cc1)C2. The molecule has 0 aliphatic carbocycles. The minimum atomic E-state index is -0.526. The Morgan fingerprint density at radius 2 is 1.53 bits per heavy atom. The van der Waals surface area contributed by atoms with Crippen molar-refractivity contribution in [2.75, 3.05) is 6.61 Å². The lowest BCUT2D eigenvalue weighted by Crippen LogP contribution is -2.32. The molecule has 1 aromatic heterocycles. The van der Waals surface area contributed by atoms with Crippen molar-refractivity contribution in [2.45, 2.75) is 19.3 Å². The molecule has 1 aliphatic heterocycles. The largest absolute Gasteiger partial charge is 0.443 e. The van der Waals surface area contributed by atoms with Gasteiger partial charge in [0.1, 0.15) is 18.9 Å². The second-order valence-corrected chi connectivity index (χ2v) is 7.68. The third-order valence-corrected chi connectivity index (χ3v) is 5.48. The number of imidazole rings is 1. The highest BCUT2D eigenvalue weighted by Gasteiger charge is 2.28. The lowest BCUT2D eigenvalue weighted by atomic mass is 10.00. The standard InChI is InChI=1S/C25H21N3O4/c29-28(30)24-15-27-14-23(17-32-25(27)26-24)31-16-18-6-8-20(9-7-18)22-12-10-21(11-13-22)19-4-2-1-3-5-19/h1-13,15,23H,14,16-17H2/t23-/m0/s1. The topological polar surface area (TPSA) is 79.4 Å². The maximum absolute atomic E-state index is 10.9. The first kappa shape index (κ1) is 20.0. The van der Waals surface area contributed by atoms with E-state index in [1.165, 1.54) is 17.3 Å². The van der Waals surface area contributed by atoms with Crippen LogP contribution in [0.1, 0.15) is 5.56 Å². The Morgan fingerprint density at radius 3 is 2.16 bits per heavy atom. The van der Waals surface area contributed by atoms with E-state index in [0.717, 1.165) is 16.7 Å². The van der Waals surface area contributed by atoms with Crippen LogP contribution in [-0.4, -0.2) is 27.2 Å². The zero-order chi connectivity index (χ0) is 21.9. The normalized spacial score (nSPS) is 15.1. The van der Waals surface area contributed by atoms with E-state index in [0.29, 0.717) is 19.8 Å². The molecule has 32 heavy (non-hydrogen) atoms. The van der Waals surface area contributed by atoms with Gasteiger partial charge in [0.15, 0.2) is 0 Å². The second-order valence-electron chi connectivity index (χ2n) is 7.68. The Labute approximate surface area is 185 Å². The maximum Gasteiger partial charge on any atom is 0.414 e. The molecular formula is C25H21N3O4. The molecular weight excluding hydrogens is 406 g/mol. The minimum absolute atomic E-state index is 0.193. The second kappa shape index (κ2) is 8.64. The fraction of sp³-hybridized carbons (Fsp3) is 0.160. The first-order valence-electron chi connectivity index (χ1n) is 10.4. The summed E-state index contributed by atoms with van der Waals surface area (Å²) in [7, 11) is 0. The fourth-order valence-electron chi connectivity index (χ4n) is 3.75. The molecule has 4 aromatic rings. The van der Waals surface area contributed by atoms with Crippen molar-refractivity contribution in [3.05, 3.63) is 101 Å². The van der Waals surface area contributed by atoms with Crippen LogP contribution in [0.5, 0.6) is 6.01 Å². The molecule has 0 bridgehead atoms. The van der Waals surface area contributed by atoms with Gasteiger partial charge >= 0.3 is 11.8 Å². The van der Waals surface area contributed by atoms with E-state index in [1.54, 1.807) is 4.57 Å². The Hall–Kier alpha value is -3.97. The van der Waals surface area contributed by atoms with Gasteiger partial charge in [-0.15, -0.1) is 0 Å². The number of benzene rings is 3. The third-order valence-electron chi connectivity index (χ3n) is 5.48. The number of nitro groups is 1. The molecule has 160 valence electrons. The molecule has 0 saturated carbocycles. The molecule has 0 spiro atoms. The van der Waals surface area contributed by atoms with Crippen LogP contribution in [0.4, 0.5) is 5.82 Å². The van der Waals surface area contributed by atoms with Gasteiger partial charge in [0.05, 0.1) is 13.2 Å². The van der Waals surface area contributed by atoms with Crippen LogP contribution < -0.4 is 4.74 Å². The van der Waals surface area contributed by atoms with Gasteiger partial charge in [-0.25, -0.2) is 0 Å². The van der Waals surface area contributed by atoms with Crippen molar-refractivity contribution in [1.29, 1.82) is 0 Å². The van der Waals surface area contributed by atoms with Crippen LogP contribution in [0.15, 0.2) is 85.1 Å². The van der Waals surface area contributed by atoms with Crippen LogP contribution in [-0.2, 0) is 17.9 Å². The van der Waals surface area contributed by atoms with Crippen molar-refractivity contribution >= 4 is 5.82 Å². The van der Waals surface area contributed by atoms with Crippen molar-refractivity contribution in [3.8, 4) is 28.3 Å². The van der Waals surface area contributed by atoms with Gasteiger partial charge < -0.3 is 19.6 Å². The Balaban J connectivity index is 1.19. The van der Waals surface area contributed by atoms with E-state index in [4.69, 9.17) is 9.47 Å². The van der Waals surface area contributed by atoms with Crippen molar-refractivity contribution in [3.63, 3.8) is 0 Å². The summed E-state index contributed by atoms with van der Waals surface area (Å²) in [5.41, 5.74) is 5.75. The monoisotopic (exact) mass is 427 g/mol. The molecule has 7 nitrogen and oxygen atoms in total. The molecule has 2 heterocycles. The summed E-state index contributed by atoms with van der Waals surface area (Å²) in [6, 6.07) is 27.4. The minimum Gasteiger partial charge on any atom is -0.443 e. The van der Waals surface area contributed by atoms with Gasteiger partial charge in [-0.3, -0.25) is 4.57 Å². The van der Waals surface area contributed by atoms with Crippen LogP contribution >= 0.6 is 0 Å². The predicted molar refractivity (Wildman–Crippen MR) is 120 cm³/mol. The Kier molecular flexibility index (Phi) is 5.39. The van der Waals surface area contributed by atoms with Gasteiger partial charge in [0.25, 0.3) is 0 Å². The molecule has 0 amide bonds. The van der Waals surface area contributed by atoms with Crippen LogP contribution in [0.2, 0.25) is 0 Å². The zero-order valence-corrected chi connectivity index (χ0v) is 17.3. The zero-order valence-electron chi connectivity index (χ0n) is 17.3. The number of fused-ring (bicyclic) bond motifs is 1. The summed E-state index contributed by atoms with van der Waals surface area (Å²) >= 11 is 0. The van der Waals surface area contributed by atoms with E-state index in [1.807, 2.05) is 18.2 Å². The number of aromatic nitrogens is 2. The lowest BCUT2D eigenvalue weighted by Gasteiger charge is -2.22. The Bertz CT molecular complexity index is 1220. The summed E-state index contributed by atoms with van der Waals surface area (Å²) in [6.07, 6.45) is 1.18. The summed E-state index contributed by atoms with van der Waals surface area (Å²) in [5, 5.41) is 10.9. The molecule has 0 saturated heterocycles. The average Bonchev–Trinajstić information content (AvgIpc) is 3.28. The van der Waals surface area contributed by atoms with Gasteiger partial charge in [0, 0.05) is 4.98 Å². The third kappa shape index (κ3) is 4.24. The van der Waals surface area contributed by atoms with Crippen LogP contribution in [0, 0.1) is 10.1 Å².